The molecule has 4 aliphatic carbocycles. The van der Waals surface area contributed by atoms with Crippen molar-refractivity contribution in [1.29, 1.82) is 0 Å². The number of hydrogen-bond donors (Lipinski definition) is 0. The molecule has 4 aliphatic rings. The summed E-state index contributed by atoms with van der Waals surface area (Å²) in [5, 5.41) is 0. The van der Waals surface area contributed by atoms with Gasteiger partial charge in [-0.25, -0.2) is 0 Å². The molecular weight excluding hydrogens is 451 g/mol. The van der Waals surface area contributed by atoms with Crippen LogP contribution < -0.4 is 21.2 Å². The van der Waals surface area contributed by atoms with Gasteiger partial charge in [0.1, 0.15) is 0 Å². The van der Waals surface area contributed by atoms with E-state index in [1.54, 1.807) is 48.5 Å². The predicted molar refractivity (Wildman–Crippen MR) is 114 cm³/mol. The van der Waals surface area contributed by atoms with Gasteiger partial charge in [-0.15, -0.1) is 0 Å². The summed E-state index contributed by atoms with van der Waals surface area (Å²) in [6, 6.07) is 11.4. The van der Waals surface area contributed by atoms with Crippen molar-refractivity contribution in [3.63, 3.8) is 0 Å². The third kappa shape index (κ3) is 3.40. The van der Waals surface area contributed by atoms with Crippen LogP contribution in [0.15, 0.2) is 30.3 Å². The van der Waals surface area contributed by atoms with Crippen LogP contribution in [-0.2, 0) is 0 Å². The molecule has 4 fully saturated rings. The number of hydrogen-bond acceptors (Lipinski definition) is 0. The summed E-state index contributed by atoms with van der Waals surface area (Å²) in [6.45, 7) is 7.87. The van der Waals surface area contributed by atoms with E-state index in [4.69, 9.17) is 0 Å². The van der Waals surface area contributed by atoms with E-state index >= 15 is 0 Å². The molecule has 1 aromatic rings. The molecule has 0 aliphatic heterocycles. The third-order valence-corrected chi connectivity index (χ3v) is 13.2. The van der Waals surface area contributed by atoms with Gasteiger partial charge in [-0.05, 0) is 0 Å². The molecule has 0 saturated heterocycles. The Bertz CT molecular complexity index is 668. The maximum atomic E-state index is 2.74. The van der Waals surface area contributed by atoms with Gasteiger partial charge in [-0.2, -0.15) is 0 Å². The fourth-order valence-electron chi connectivity index (χ4n) is 8.65. The number of rotatable bonds is 3. The zero-order valence-electron chi connectivity index (χ0n) is 18.2. The fraction of sp³-hybridized carbons (Fsp3) is 0.778. The topological polar surface area (TPSA) is 0 Å². The van der Waals surface area contributed by atoms with Gasteiger partial charge in [0.2, 0.25) is 0 Å². The monoisotopic (exact) mass is 491 g/mol. The first-order valence-electron chi connectivity index (χ1n) is 12.2. The maximum absolute atomic E-state index is 2.74. The second-order valence-corrected chi connectivity index (χ2v) is 15.0. The predicted octanol–water partition coefficient (Wildman–Crippen LogP) is 4.24. The number of fused-ring (bicyclic) bond motifs is 5. The first kappa shape index (κ1) is 19.9. The van der Waals surface area contributed by atoms with Gasteiger partial charge in [0, 0.05) is 0 Å². The molecule has 0 aromatic heterocycles. The van der Waals surface area contributed by atoms with E-state index in [9.17, 15) is 0 Å². The Morgan fingerprint density at radius 3 is 2.50 bits per heavy atom. The Morgan fingerprint density at radius 2 is 1.68 bits per heavy atom. The van der Waals surface area contributed by atoms with E-state index < -0.39 is 0 Å². The normalized spacial score (nSPS) is 46.5. The molecule has 0 amide bonds. The van der Waals surface area contributed by atoms with Crippen LogP contribution in [0.1, 0.15) is 78.6 Å². The molecule has 0 bridgehead atoms. The number of benzene rings is 1. The summed E-state index contributed by atoms with van der Waals surface area (Å²) >= 11 is 0.146. The van der Waals surface area contributed by atoms with Crippen LogP contribution in [0, 0.1) is 50.4 Å². The number of alkyl halides is 1. The molecule has 0 radical (unpaired) electrons. The molecule has 0 heterocycles. The quantitative estimate of drug-likeness (QED) is 0.439. The van der Waals surface area contributed by atoms with Crippen molar-refractivity contribution in [3.05, 3.63) is 33.9 Å². The van der Waals surface area contributed by atoms with Gasteiger partial charge in [-0.3, -0.25) is 0 Å². The Kier molecular flexibility index (Phi) is 5.61. The SMILES string of the molecule is C[C@H]1CC[C@H]2[C@H](CC[C@@H]3[C@@H]2CC[C@]2(C)[C@@H]([C@@H](C)[I-]c4ccccc4)CC[C@@H]32)C1. The average Bonchev–Trinajstić information content (AvgIpc) is 3.05. The molecule has 1 aromatic carbocycles. The van der Waals surface area contributed by atoms with Gasteiger partial charge < -0.3 is 0 Å². The van der Waals surface area contributed by atoms with E-state index in [0.29, 0.717) is 5.41 Å². The van der Waals surface area contributed by atoms with Crippen molar-refractivity contribution in [2.24, 2.45) is 46.8 Å². The fourth-order valence-corrected chi connectivity index (χ4v) is 12.2. The minimum absolute atomic E-state index is 0.146. The van der Waals surface area contributed by atoms with Gasteiger partial charge in [0.05, 0.1) is 0 Å². The van der Waals surface area contributed by atoms with Crippen molar-refractivity contribution in [1.82, 2.24) is 0 Å². The van der Waals surface area contributed by atoms with Crippen molar-refractivity contribution < 1.29 is 21.2 Å². The Labute approximate surface area is 183 Å². The van der Waals surface area contributed by atoms with Crippen molar-refractivity contribution in [3.8, 4) is 0 Å². The molecular formula is C27H40I-. The molecule has 5 rings (SSSR count). The first-order chi connectivity index (χ1) is 13.6. The molecule has 9 atom stereocenters. The van der Waals surface area contributed by atoms with Crippen molar-refractivity contribution >= 4 is 0 Å². The Hall–Kier alpha value is -0.0500. The zero-order chi connectivity index (χ0) is 19.3. The molecule has 1 heteroatoms. The summed E-state index contributed by atoms with van der Waals surface area (Å²) < 4.78 is 2.60. The molecule has 0 nitrogen and oxygen atoms in total. The third-order valence-electron chi connectivity index (χ3n) is 9.88. The summed E-state index contributed by atoms with van der Waals surface area (Å²) in [6.07, 6.45) is 14.0. The Morgan fingerprint density at radius 1 is 0.893 bits per heavy atom. The molecule has 0 N–H and O–H groups in total. The van der Waals surface area contributed by atoms with E-state index in [1.807, 2.05) is 0 Å². The average molecular weight is 492 g/mol. The van der Waals surface area contributed by atoms with Crippen LogP contribution in [0.5, 0.6) is 0 Å². The van der Waals surface area contributed by atoms with E-state index in [0.717, 1.165) is 45.3 Å². The van der Waals surface area contributed by atoms with Crippen LogP contribution >= 0.6 is 0 Å². The molecule has 156 valence electrons. The van der Waals surface area contributed by atoms with Gasteiger partial charge in [-0.1, -0.05) is 0 Å². The molecule has 4 saturated carbocycles. The summed E-state index contributed by atoms with van der Waals surface area (Å²) in [5.41, 5.74) is 0.657. The molecule has 28 heavy (non-hydrogen) atoms. The van der Waals surface area contributed by atoms with Gasteiger partial charge >= 0.3 is 184 Å². The van der Waals surface area contributed by atoms with Gasteiger partial charge in [0.25, 0.3) is 0 Å². The summed E-state index contributed by atoms with van der Waals surface area (Å²) in [5.74, 6) is 7.43. The van der Waals surface area contributed by atoms with E-state index in [2.05, 4.69) is 51.1 Å². The van der Waals surface area contributed by atoms with E-state index in [-0.39, 0.29) is 21.2 Å². The van der Waals surface area contributed by atoms with Crippen molar-refractivity contribution in [2.75, 3.05) is 0 Å². The first-order valence-corrected chi connectivity index (χ1v) is 14.6. The Balaban J connectivity index is 1.31. The van der Waals surface area contributed by atoms with Crippen LogP contribution in [0.25, 0.3) is 0 Å². The van der Waals surface area contributed by atoms with Gasteiger partial charge in [0.15, 0.2) is 0 Å². The number of halogens is 1. The minimum atomic E-state index is 0.146. The summed E-state index contributed by atoms with van der Waals surface area (Å²) in [4.78, 5) is 0. The van der Waals surface area contributed by atoms with Crippen LogP contribution in [0.3, 0.4) is 0 Å². The molecule has 0 unspecified atom stereocenters. The molecule has 0 spiro atoms. The zero-order valence-corrected chi connectivity index (χ0v) is 20.4. The van der Waals surface area contributed by atoms with Crippen LogP contribution in [0.2, 0.25) is 0 Å². The van der Waals surface area contributed by atoms with Crippen molar-refractivity contribution in [2.45, 2.75) is 82.5 Å². The van der Waals surface area contributed by atoms with E-state index in [1.165, 1.54) is 12.8 Å². The second kappa shape index (κ2) is 7.89. The summed E-state index contributed by atoms with van der Waals surface area (Å²) in [7, 11) is 0. The second-order valence-electron chi connectivity index (χ2n) is 11.2. The van der Waals surface area contributed by atoms with Crippen LogP contribution in [-0.4, -0.2) is 3.92 Å². The standard InChI is InChI=1S/C27H40I/c1-18-9-11-22-20(17-18)10-12-24-23(22)15-16-27(3)25(13-14-26(24)27)19(2)28-21-7-5-4-6-8-21/h4-8,18-20,22-26H,9-17H2,1-3H3/q-1/t18-,19+,20+,22-,23+,24+,25+,26-,27+/m0/s1. The van der Waals surface area contributed by atoms with Crippen LogP contribution in [0.4, 0.5) is 0 Å².